The maximum Gasteiger partial charge on any atom is 0.335 e. The lowest BCUT2D eigenvalue weighted by atomic mass is 9.81. The summed E-state index contributed by atoms with van der Waals surface area (Å²) in [6, 6.07) is 14.8. The third kappa shape index (κ3) is 5.35. The highest BCUT2D eigenvalue weighted by atomic mass is 16.4. The molecule has 1 aromatic heterocycles. The fourth-order valence-electron chi connectivity index (χ4n) is 7.46. The Balaban J connectivity index is 0.00000308. The fourth-order valence-corrected chi connectivity index (χ4v) is 7.46. The molecule has 0 bridgehead atoms. The second kappa shape index (κ2) is 11.8. The number of hydrogen-bond acceptors (Lipinski definition) is 3. The molecule has 0 spiro atoms. The van der Waals surface area contributed by atoms with Gasteiger partial charge in [0, 0.05) is 54.9 Å². The first kappa shape index (κ1) is 27.8. The van der Waals surface area contributed by atoms with Crippen molar-refractivity contribution in [2.24, 2.45) is 11.8 Å². The number of fused-ring (bicyclic) bond motifs is 5. The van der Waals surface area contributed by atoms with E-state index in [2.05, 4.69) is 58.5 Å². The number of nitrogens with zero attached hydrogens (tertiary/aromatic N) is 3. The number of likely N-dealkylation sites (tertiary alicyclic amines) is 1. The number of para-hydroxylation sites is 1. The molecule has 2 aromatic carbocycles. The van der Waals surface area contributed by atoms with Crippen molar-refractivity contribution in [3.8, 4) is 11.3 Å². The van der Waals surface area contributed by atoms with Gasteiger partial charge in [-0.05, 0) is 73.7 Å². The van der Waals surface area contributed by atoms with Crippen LogP contribution in [0.5, 0.6) is 0 Å². The molecule has 3 aromatic rings. The van der Waals surface area contributed by atoms with Crippen LogP contribution in [-0.4, -0.2) is 53.3 Å². The molecule has 5 nitrogen and oxygen atoms in total. The van der Waals surface area contributed by atoms with Gasteiger partial charge in [0.25, 0.3) is 0 Å². The predicted molar refractivity (Wildman–Crippen MR) is 163 cm³/mol. The van der Waals surface area contributed by atoms with E-state index in [1.54, 1.807) is 6.07 Å². The largest absolute Gasteiger partial charge is 0.478 e. The number of piperidine rings is 1. The summed E-state index contributed by atoms with van der Waals surface area (Å²) in [6.45, 7) is 11.1. The molecule has 1 unspecified atom stereocenters. The van der Waals surface area contributed by atoms with Crippen LogP contribution in [-0.2, 0) is 6.54 Å². The minimum atomic E-state index is -0.849. The number of aromatic carboxylic acids is 1. The molecule has 1 saturated heterocycles. The van der Waals surface area contributed by atoms with Crippen molar-refractivity contribution in [2.75, 3.05) is 37.6 Å². The van der Waals surface area contributed by atoms with Crippen LogP contribution in [0, 0.1) is 11.8 Å². The zero-order valence-electron chi connectivity index (χ0n) is 23.2. The van der Waals surface area contributed by atoms with Gasteiger partial charge in [-0.3, -0.25) is 0 Å². The summed E-state index contributed by atoms with van der Waals surface area (Å²) in [5.74, 6) is 1.26. The average Bonchev–Trinajstić information content (AvgIpc) is 3.17. The minimum absolute atomic E-state index is 0. The number of carbonyl (C=O) groups is 1. The van der Waals surface area contributed by atoms with Crippen LogP contribution in [0.3, 0.4) is 0 Å². The molecule has 1 saturated carbocycles. The summed E-state index contributed by atoms with van der Waals surface area (Å²) >= 11 is 0. The van der Waals surface area contributed by atoms with Gasteiger partial charge in [0.2, 0.25) is 0 Å². The fraction of sp³-hybridized carbons (Fsp3) is 0.559. The van der Waals surface area contributed by atoms with Crippen LogP contribution in [0.2, 0.25) is 0 Å². The average molecular weight is 530 g/mol. The van der Waals surface area contributed by atoms with Crippen LogP contribution in [0.4, 0.5) is 5.69 Å². The van der Waals surface area contributed by atoms with E-state index in [0.717, 1.165) is 43.5 Å². The summed E-state index contributed by atoms with van der Waals surface area (Å²) in [5, 5.41) is 11.0. The number of hydrogen-bond donors (Lipinski definition) is 1. The summed E-state index contributed by atoms with van der Waals surface area (Å²) in [7, 11) is 0. The highest BCUT2D eigenvalue weighted by molar-refractivity contribution is 5.99. The van der Waals surface area contributed by atoms with Gasteiger partial charge in [-0.15, -0.1) is 0 Å². The number of carboxylic acid groups (broad SMARTS) is 1. The number of anilines is 1. The van der Waals surface area contributed by atoms with E-state index in [1.807, 2.05) is 6.07 Å². The Kier molecular flexibility index (Phi) is 8.37. The molecular weight excluding hydrogens is 482 g/mol. The Hall–Kier alpha value is -2.79. The second-order valence-corrected chi connectivity index (χ2v) is 12.2. The lowest BCUT2D eigenvalue weighted by molar-refractivity contribution is 0.0697. The van der Waals surface area contributed by atoms with Crippen molar-refractivity contribution >= 4 is 22.6 Å². The SMILES string of the molecule is C.CC(C)C1CCCN(CCN2CCn3c(c(C4CCCCC4)c4ccc(C(=O)O)cc43)-c3ccccc32)C1. The van der Waals surface area contributed by atoms with E-state index < -0.39 is 5.97 Å². The van der Waals surface area contributed by atoms with Crippen LogP contribution in [0.15, 0.2) is 42.5 Å². The van der Waals surface area contributed by atoms with E-state index in [-0.39, 0.29) is 7.43 Å². The maximum absolute atomic E-state index is 11.9. The van der Waals surface area contributed by atoms with E-state index in [1.165, 1.54) is 85.9 Å². The molecular formula is C34H47N3O2. The van der Waals surface area contributed by atoms with Crippen molar-refractivity contribution in [1.82, 2.24) is 9.47 Å². The molecule has 3 heterocycles. The first-order chi connectivity index (χ1) is 18.5. The Morgan fingerprint density at radius 3 is 2.51 bits per heavy atom. The molecule has 6 rings (SSSR count). The lowest BCUT2D eigenvalue weighted by Crippen LogP contribution is -2.42. The van der Waals surface area contributed by atoms with E-state index >= 15 is 0 Å². The molecule has 5 heteroatoms. The standard InChI is InChI=1S/C33H43N3O2.CH4/c1-23(2)26-11-8-16-34(22-26)17-18-35-19-20-36-30-21-25(33(37)38)14-15-27(30)31(24-9-4-3-5-10-24)32(36)28-12-6-7-13-29(28)35;/h6-7,12-15,21,23-24,26H,3-5,8-11,16-20,22H2,1-2H3,(H,37,38);1H4. The zero-order valence-corrected chi connectivity index (χ0v) is 23.2. The van der Waals surface area contributed by atoms with E-state index in [9.17, 15) is 9.90 Å². The van der Waals surface area contributed by atoms with E-state index in [4.69, 9.17) is 0 Å². The first-order valence-corrected chi connectivity index (χ1v) is 15.0. The summed E-state index contributed by atoms with van der Waals surface area (Å²) in [6.07, 6.45) is 9.02. The number of aromatic nitrogens is 1. The number of rotatable bonds is 6. The van der Waals surface area contributed by atoms with Crippen molar-refractivity contribution in [2.45, 2.75) is 78.7 Å². The molecule has 2 fully saturated rings. The van der Waals surface area contributed by atoms with Crippen LogP contribution < -0.4 is 4.90 Å². The smallest absolute Gasteiger partial charge is 0.335 e. The van der Waals surface area contributed by atoms with Gasteiger partial charge < -0.3 is 19.5 Å². The quantitative estimate of drug-likeness (QED) is 0.353. The van der Waals surface area contributed by atoms with Crippen LogP contribution >= 0.6 is 0 Å². The Morgan fingerprint density at radius 2 is 1.74 bits per heavy atom. The molecule has 2 aliphatic heterocycles. The molecule has 39 heavy (non-hydrogen) atoms. The van der Waals surface area contributed by atoms with Crippen LogP contribution in [0.25, 0.3) is 22.2 Å². The zero-order chi connectivity index (χ0) is 26.2. The Labute approximate surface area is 234 Å². The highest BCUT2D eigenvalue weighted by Gasteiger charge is 2.31. The van der Waals surface area contributed by atoms with Crippen LogP contribution in [0.1, 0.15) is 88.1 Å². The van der Waals surface area contributed by atoms with Crippen molar-refractivity contribution in [3.05, 3.63) is 53.6 Å². The Morgan fingerprint density at radius 1 is 0.949 bits per heavy atom. The molecule has 1 atom stereocenters. The van der Waals surface area contributed by atoms with Gasteiger partial charge in [0.05, 0.1) is 11.3 Å². The third-order valence-corrected chi connectivity index (χ3v) is 9.63. The van der Waals surface area contributed by atoms with Gasteiger partial charge in [0.15, 0.2) is 0 Å². The van der Waals surface area contributed by atoms with Crippen molar-refractivity contribution < 1.29 is 9.90 Å². The normalized spacial score (nSPS) is 20.4. The predicted octanol–water partition coefficient (Wildman–Crippen LogP) is 7.88. The van der Waals surface area contributed by atoms with Crippen molar-refractivity contribution in [1.29, 1.82) is 0 Å². The Bertz CT molecular complexity index is 1300. The minimum Gasteiger partial charge on any atom is -0.478 e. The highest BCUT2D eigenvalue weighted by Crippen LogP contribution is 2.47. The molecule has 0 amide bonds. The molecule has 0 radical (unpaired) electrons. The van der Waals surface area contributed by atoms with Gasteiger partial charge in [-0.2, -0.15) is 0 Å². The molecule has 210 valence electrons. The molecule has 1 N–H and O–H groups in total. The summed E-state index contributed by atoms with van der Waals surface area (Å²) in [5.41, 5.74) is 6.92. The first-order valence-electron chi connectivity index (χ1n) is 15.0. The molecule has 1 aliphatic carbocycles. The third-order valence-electron chi connectivity index (χ3n) is 9.63. The second-order valence-electron chi connectivity index (χ2n) is 12.2. The van der Waals surface area contributed by atoms with Gasteiger partial charge in [-0.25, -0.2) is 4.79 Å². The van der Waals surface area contributed by atoms with Gasteiger partial charge in [0.1, 0.15) is 0 Å². The number of carboxylic acids is 1. The molecule has 3 aliphatic rings. The van der Waals surface area contributed by atoms with Gasteiger partial charge in [-0.1, -0.05) is 64.8 Å². The lowest BCUT2D eigenvalue weighted by Gasteiger charge is -2.36. The van der Waals surface area contributed by atoms with Crippen molar-refractivity contribution in [3.63, 3.8) is 0 Å². The maximum atomic E-state index is 11.9. The monoisotopic (exact) mass is 529 g/mol. The van der Waals surface area contributed by atoms with Gasteiger partial charge >= 0.3 is 5.97 Å². The summed E-state index contributed by atoms with van der Waals surface area (Å²) in [4.78, 5) is 17.2. The topological polar surface area (TPSA) is 48.7 Å². The van der Waals surface area contributed by atoms with E-state index in [0.29, 0.717) is 11.5 Å². The number of benzene rings is 2. The summed E-state index contributed by atoms with van der Waals surface area (Å²) < 4.78 is 2.46.